The largest absolute Gasteiger partial charge is 0.423 e. The molecule has 3 atom stereocenters. The van der Waals surface area contributed by atoms with Gasteiger partial charge in [-0.2, -0.15) is 0 Å². The Bertz CT molecular complexity index is 1370. The summed E-state index contributed by atoms with van der Waals surface area (Å²) in [6.45, 7) is 0. The molecule has 4 fully saturated rings. The van der Waals surface area contributed by atoms with Crippen molar-refractivity contribution in [2.45, 2.75) is 62.3 Å². The number of hydrogen-bond donors (Lipinski definition) is 1. The molecule has 6 aliphatic rings. The van der Waals surface area contributed by atoms with Crippen LogP contribution in [0.2, 0.25) is 0 Å². The van der Waals surface area contributed by atoms with E-state index >= 15 is 0 Å². The Hall–Kier alpha value is -3.33. The van der Waals surface area contributed by atoms with Crippen LogP contribution in [0, 0.1) is 23.7 Å². The molecular formula is C35H35NO2. The maximum absolute atomic E-state index is 12.5. The van der Waals surface area contributed by atoms with Gasteiger partial charge in [0, 0.05) is 11.6 Å². The highest BCUT2D eigenvalue weighted by molar-refractivity contribution is 5.90. The third-order valence-corrected chi connectivity index (χ3v) is 10.5. The zero-order chi connectivity index (χ0) is 25.3. The molecule has 3 aromatic carbocycles. The number of allylic oxidation sites excluding steroid dienone is 2. The van der Waals surface area contributed by atoms with Gasteiger partial charge in [0.15, 0.2) is 0 Å². The van der Waals surface area contributed by atoms with Gasteiger partial charge in [-0.1, -0.05) is 54.6 Å². The van der Waals surface area contributed by atoms with Gasteiger partial charge in [0.1, 0.15) is 5.75 Å². The summed E-state index contributed by atoms with van der Waals surface area (Å²) in [6, 6.07) is 25.0. The van der Waals surface area contributed by atoms with Crippen molar-refractivity contribution in [1.29, 1.82) is 0 Å². The Morgan fingerprint density at radius 3 is 2.26 bits per heavy atom. The lowest BCUT2D eigenvalue weighted by Crippen LogP contribution is -2.48. The van der Waals surface area contributed by atoms with Gasteiger partial charge in [-0.15, -0.1) is 0 Å². The first kappa shape index (κ1) is 22.6. The zero-order valence-corrected chi connectivity index (χ0v) is 21.8. The maximum atomic E-state index is 12.5. The average Bonchev–Trinajstić information content (AvgIpc) is 3.43. The number of ether oxygens (including phenoxy) is 1. The van der Waals surface area contributed by atoms with Gasteiger partial charge in [-0.25, -0.2) is 4.79 Å². The van der Waals surface area contributed by atoms with Crippen LogP contribution in [0.4, 0.5) is 5.69 Å². The smallest absolute Gasteiger partial charge is 0.343 e. The number of benzene rings is 3. The van der Waals surface area contributed by atoms with E-state index in [1.807, 2.05) is 30.3 Å². The first-order valence-electron chi connectivity index (χ1n) is 14.6. The van der Waals surface area contributed by atoms with Crippen molar-refractivity contribution in [2.75, 3.05) is 5.32 Å². The molecule has 0 saturated heterocycles. The number of carbonyl (C=O) groups excluding carboxylic acids is 1. The molecule has 38 heavy (non-hydrogen) atoms. The number of hydrogen-bond acceptors (Lipinski definition) is 3. The molecule has 0 aromatic heterocycles. The van der Waals surface area contributed by atoms with Crippen LogP contribution in [-0.4, -0.2) is 5.97 Å². The summed E-state index contributed by atoms with van der Waals surface area (Å²) >= 11 is 0. The fraction of sp³-hybridized carbons (Fsp3) is 0.400. The summed E-state index contributed by atoms with van der Waals surface area (Å²) in [6.07, 6.45) is 14.6. The van der Waals surface area contributed by atoms with Crippen molar-refractivity contribution >= 4 is 11.7 Å². The molecule has 5 aliphatic carbocycles. The summed E-state index contributed by atoms with van der Waals surface area (Å²) in [5.74, 6) is 4.13. The molecule has 0 radical (unpaired) electrons. The third-order valence-electron chi connectivity index (χ3n) is 10.5. The van der Waals surface area contributed by atoms with E-state index in [1.54, 1.807) is 17.7 Å². The molecule has 3 heteroatoms. The standard InChI is InChI=1S/C35H35NO2/c37-34(26-5-2-1-3-6-26)38-28-12-9-25(10-13-28)33-30-8-4-7-29(30)31-18-27(11-14-32(31)36-33)35-19-22-15-23(20-35)17-24(16-22)21-35/h1-7,9-14,18,22-24,29-30,33,36H,8,15-17,19-21H2/t22?,23?,24?,29?,30?,33-,35?/m0/s1. The monoisotopic (exact) mass is 501 g/mol. The second-order valence-corrected chi connectivity index (χ2v) is 12.8. The first-order chi connectivity index (χ1) is 18.6. The van der Waals surface area contributed by atoms with Gasteiger partial charge in [0.25, 0.3) is 0 Å². The van der Waals surface area contributed by atoms with E-state index in [4.69, 9.17) is 4.74 Å². The van der Waals surface area contributed by atoms with Crippen LogP contribution in [0.1, 0.15) is 84.0 Å². The van der Waals surface area contributed by atoms with Crippen LogP contribution in [-0.2, 0) is 5.41 Å². The normalized spacial score (nSPS) is 33.9. The van der Waals surface area contributed by atoms with E-state index < -0.39 is 0 Å². The lowest BCUT2D eigenvalue weighted by molar-refractivity contribution is -0.00523. The Labute approximate surface area is 225 Å². The quantitative estimate of drug-likeness (QED) is 0.222. The molecule has 1 aliphatic heterocycles. The van der Waals surface area contributed by atoms with E-state index in [0.717, 1.165) is 24.2 Å². The van der Waals surface area contributed by atoms with Crippen molar-refractivity contribution in [3.05, 3.63) is 107 Å². The predicted molar refractivity (Wildman–Crippen MR) is 150 cm³/mol. The Balaban J connectivity index is 1.05. The summed E-state index contributed by atoms with van der Waals surface area (Å²) < 4.78 is 5.63. The van der Waals surface area contributed by atoms with Crippen LogP contribution in [0.3, 0.4) is 0 Å². The number of rotatable bonds is 4. The van der Waals surface area contributed by atoms with Crippen molar-refractivity contribution < 1.29 is 9.53 Å². The van der Waals surface area contributed by atoms with Crippen molar-refractivity contribution in [2.24, 2.45) is 23.7 Å². The highest BCUT2D eigenvalue weighted by Gasteiger charge is 2.52. The van der Waals surface area contributed by atoms with E-state index in [9.17, 15) is 4.79 Å². The van der Waals surface area contributed by atoms with Gasteiger partial charge < -0.3 is 10.1 Å². The van der Waals surface area contributed by atoms with Gasteiger partial charge in [0.05, 0.1) is 11.6 Å². The van der Waals surface area contributed by atoms with Crippen LogP contribution in [0.5, 0.6) is 5.75 Å². The van der Waals surface area contributed by atoms with Crippen molar-refractivity contribution in [1.82, 2.24) is 0 Å². The lowest BCUT2D eigenvalue weighted by Gasteiger charge is -2.57. The fourth-order valence-corrected chi connectivity index (χ4v) is 9.20. The second-order valence-electron chi connectivity index (χ2n) is 12.8. The second kappa shape index (κ2) is 8.59. The molecule has 4 bridgehead atoms. The van der Waals surface area contributed by atoms with E-state index in [0.29, 0.717) is 28.6 Å². The van der Waals surface area contributed by atoms with Crippen LogP contribution in [0.15, 0.2) is 84.9 Å². The molecule has 0 spiro atoms. The third kappa shape index (κ3) is 3.66. The number of carbonyl (C=O) groups is 1. The Kier molecular flexibility index (Phi) is 5.12. The summed E-state index contributed by atoms with van der Waals surface area (Å²) in [5.41, 5.74) is 6.66. The number of anilines is 1. The van der Waals surface area contributed by atoms with Gasteiger partial charge in [-0.05, 0) is 121 Å². The first-order valence-corrected chi connectivity index (χ1v) is 14.6. The topological polar surface area (TPSA) is 38.3 Å². The minimum absolute atomic E-state index is 0.242. The molecule has 9 rings (SSSR count). The Morgan fingerprint density at radius 2 is 1.55 bits per heavy atom. The predicted octanol–water partition coefficient (Wildman–Crippen LogP) is 8.20. The molecule has 3 aromatic rings. The average molecular weight is 502 g/mol. The number of nitrogens with one attached hydrogen (secondary N) is 1. The maximum Gasteiger partial charge on any atom is 0.343 e. The number of fused-ring (bicyclic) bond motifs is 3. The fourth-order valence-electron chi connectivity index (χ4n) is 9.20. The minimum atomic E-state index is -0.321. The van der Waals surface area contributed by atoms with Crippen molar-refractivity contribution in [3.8, 4) is 5.75 Å². The van der Waals surface area contributed by atoms with Crippen LogP contribution in [0.25, 0.3) is 0 Å². The molecule has 1 N–H and O–H groups in total. The SMILES string of the molecule is O=C(Oc1ccc([C@@H]2Nc3ccc(C45CC6CC(CC(C6)C4)C5)cc3C3C=CCC32)cc1)c1ccccc1. The molecular weight excluding hydrogens is 466 g/mol. The van der Waals surface area contributed by atoms with Gasteiger partial charge >= 0.3 is 5.97 Å². The summed E-state index contributed by atoms with van der Waals surface area (Å²) in [4.78, 5) is 12.5. The molecule has 4 saturated carbocycles. The Morgan fingerprint density at radius 1 is 0.842 bits per heavy atom. The molecule has 1 heterocycles. The van der Waals surface area contributed by atoms with E-state index in [-0.39, 0.29) is 12.0 Å². The van der Waals surface area contributed by atoms with E-state index in [2.05, 4.69) is 47.8 Å². The number of esters is 1. The summed E-state index contributed by atoms with van der Waals surface area (Å²) in [7, 11) is 0. The van der Waals surface area contributed by atoms with Crippen LogP contribution >= 0.6 is 0 Å². The molecule has 0 amide bonds. The summed E-state index contributed by atoms with van der Waals surface area (Å²) in [5, 5.41) is 3.92. The van der Waals surface area contributed by atoms with Gasteiger partial charge in [0.2, 0.25) is 0 Å². The van der Waals surface area contributed by atoms with Gasteiger partial charge in [-0.3, -0.25) is 0 Å². The van der Waals surface area contributed by atoms with Crippen molar-refractivity contribution in [3.63, 3.8) is 0 Å². The lowest BCUT2D eigenvalue weighted by atomic mass is 9.48. The van der Waals surface area contributed by atoms with E-state index in [1.165, 1.54) is 55.3 Å². The highest BCUT2D eigenvalue weighted by Crippen LogP contribution is 2.61. The molecule has 2 unspecified atom stereocenters. The zero-order valence-electron chi connectivity index (χ0n) is 21.8. The van der Waals surface area contributed by atoms with Crippen LogP contribution < -0.4 is 10.1 Å². The molecule has 192 valence electrons. The molecule has 3 nitrogen and oxygen atoms in total. The minimum Gasteiger partial charge on any atom is -0.423 e. The highest BCUT2D eigenvalue weighted by atomic mass is 16.5.